The molecule has 3 nitrogen and oxygen atoms in total. The summed E-state index contributed by atoms with van der Waals surface area (Å²) < 4.78 is 4.86. The van der Waals surface area contributed by atoms with Crippen molar-refractivity contribution in [3.63, 3.8) is 0 Å². The Hall–Kier alpha value is -1.38. The predicted octanol–water partition coefficient (Wildman–Crippen LogP) is 2.13. The minimum atomic E-state index is -0.339. The predicted molar refractivity (Wildman–Crippen MR) is 49.6 cm³/mol. The number of esters is 1. The Bertz CT molecular complexity index is 308. The first-order valence-electron chi connectivity index (χ1n) is 4.24. The smallest absolute Gasteiger partial charge is 0.309 e. The van der Waals surface area contributed by atoms with Crippen molar-refractivity contribution in [2.45, 2.75) is 26.7 Å². The molecule has 0 atom stereocenters. The van der Waals surface area contributed by atoms with Gasteiger partial charge in [0.15, 0.2) is 0 Å². The van der Waals surface area contributed by atoms with Gasteiger partial charge in [0.05, 0.1) is 0 Å². The monoisotopic (exact) mass is 179 g/mol. The summed E-state index contributed by atoms with van der Waals surface area (Å²) in [6.45, 7) is 5.52. The Labute approximate surface area is 77.8 Å². The molecule has 1 rings (SSSR count). The Balaban J connectivity index is 2.85. The zero-order chi connectivity index (χ0) is 9.84. The molecule has 1 aromatic heterocycles. The van der Waals surface area contributed by atoms with Crippen LogP contribution in [0.25, 0.3) is 0 Å². The molecule has 0 aromatic carbocycles. The third-order valence-corrected chi connectivity index (χ3v) is 1.67. The van der Waals surface area contributed by atoms with E-state index in [4.69, 9.17) is 4.74 Å². The van der Waals surface area contributed by atoms with Crippen molar-refractivity contribution in [3.8, 4) is 5.88 Å². The van der Waals surface area contributed by atoms with E-state index in [-0.39, 0.29) is 5.97 Å². The minimum Gasteiger partial charge on any atom is -0.408 e. The average Bonchev–Trinajstić information content (AvgIpc) is 2.03. The molecule has 1 aromatic rings. The molecule has 0 fully saturated rings. The van der Waals surface area contributed by atoms with Crippen LogP contribution in [0.1, 0.15) is 32.3 Å². The van der Waals surface area contributed by atoms with Gasteiger partial charge in [-0.3, -0.25) is 4.79 Å². The molecule has 0 radical (unpaired) electrons. The van der Waals surface area contributed by atoms with Crippen LogP contribution in [-0.2, 0) is 4.79 Å². The van der Waals surface area contributed by atoms with Gasteiger partial charge in [0.2, 0.25) is 5.88 Å². The van der Waals surface area contributed by atoms with E-state index in [1.54, 1.807) is 12.3 Å². The third-order valence-electron chi connectivity index (χ3n) is 1.67. The second-order valence-electron chi connectivity index (χ2n) is 3.18. The minimum absolute atomic E-state index is 0.339. The molecule has 0 N–H and O–H groups in total. The molecule has 0 aliphatic heterocycles. The van der Waals surface area contributed by atoms with Gasteiger partial charge in [0.25, 0.3) is 0 Å². The Morgan fingerprint density at radius 1 is 1.54 bits per heavy atom. The van der Waals surface area contributed by atoms with Gasteiger partial charge >= 0.3 is 5.97 Å². The fourth-order valence-corrected chi connectivity index (χ4v) is 0.987. The maximum absolute atomic E-state index is 10.6. The largest absolute Gasteiger partial charge is 0.408 e. The molecule has 0 amide bonds. The highest BCUT2D eigenvalue weighted by atomic mass is 16.5. The summed E-state index contributed by atoms with van der Waals surface area (Å²) in [7, 11) is 0. The van der Waals surface area contributed by atoms with Gasteiger partial charge < -0.3 is 4.74 Å². The lowest BCUT2D eigenvalue weighted by Crippen LogP contribution is -2.03. The van der Waals surface area contributed by atoms with Crippen molar-refractivity contribution in [1.82, 2.24) is 4.98 Å². The van der Waals surface area contributed by atoms with E-state index in [0.717, 1.165) is 5.56 Å². The second-order valence-corrected chi connectivity index (χ2v) is 3.18. The maximum atomic E-state index is 10.6. The molecule has 1 heterocycles. The lowest BCUT2D eigenvalue weighted by atomic mass is 10.1. The summed E-state index contributed by atoms with van der Waals surface area (Å²) in [5.74, 6) is 0.449. The number of carbonyl (C=O) groups excluding carboxylic acids is 1. The van der Waals surface area contributed by atoms with Crippen LogP contribution in [0.3, 0.4) is 0 Å². The van der Waals surface area contributed by atoms with E-state index in [1.165, 1.54) is 6.92 Å². The number of ether oxygens (including phenoxy) is 1. The zero-order valence-electron chi connectivity index (χ0n) is 8.07. The maximum Gasteiger partial charge on any atom is 0.309 e. The molecule has 0 saturated heterocycles. The number of nitrogens with zero attached hydrogens (tertiary/aromatic N) is 1. The molecule has 3 heteroatoms. The van der Waals surface area contributed by atoms with Gasteiger partial charge in [0.1, 0.15) is 0 Å². The van der Waals surface area contributed by atoms with Gasteiger partial charge in [-0.15, -0.1) is 0 Å². The molecule has 70 valence electrons. The first-order valence-corrected chi connectivity index (χ1v) is 4.24. The van der Waals surface area contributed by atoms with Crippen LogP contribution in [0.15, 0.2) is 18.3 Å². The zero-order valence-corrected chi connectivity index (χ0v) is 8.07. The van der Waals surface area contributed by atoms with E-state index in [2.05, 4.69) is 18.8 Å². The Morgan fingerprint density at radius 2 is 2.23 bits per heavy atom. The van der Waals surface area contributed by atoms with E-state index >= 15 is 0 Å². The normalized spacial score (nSPS) is 10.2. The summed E-state index contributed by atoms with van der Waals surface area (Å²) >= 11 is 0. The quantitative estimate of drug-likeness (QED) is 0.653. The summed E-state index contributed by atoms with van der Waals surface area (Å²) in [6, 6.07) is 3.70. The average molecular weight is 179 g/mol. The van der Waals surface area contributed by atoms with Gasteiger partial charge in [-0.05, 0) is 17.5 Å². The van der Waals surface area contributed by atoms with Crippen molar-refractivity contribution in [2.24, 2.45) is 0 Å². The fraction of sp³-hybridized carbons (Fsp3) is 0.400. The molecule has 0 saturated carbocycles. The van der Waals surface area contributed by atoms with Crippen molar-refractivity contribution in [2.75, 3.05) is 0 Å². The number of pyridine rings is 1. The first-order chi connectivity index (χ1) is 6.09. The van der Waals surface area contributed by atoms with Crippen LogP contribution in [0, 0.1) is 0 Å². The van der Waals surface area contributed by atoms with Crippen LogP contribution in [0.2, 0.25) is 0 Å². The Morgan fingerprint density at radius 3 is 2.77 bits per heavy atom. The van der Waals surface area contributed by atoms with Crippen LogP contribution in [0.4, 0.5) is 0 Å². The van der Waals surface area contributed by atoms with Crippen LogP contribution in [0.5, 0.6) is 5.88 Å². The highest BCUT2D eigenvalue weighted by Gasteiger charge is 2.03. The van der Waals surface area contributed by atoms with E-state index in [0.29, 0.717) is 11.8 Å². The van der Waals surface area contributed by atoms with Gasteiger partial charge in [-0.2, -0.15) is 0 Å². The number of aromatic nitrogens is 1. The Kier molecular flexibility index (Phi) is 3.01. The highest BCUT2D eigenvalue weighted by Crippen LogP contribution is 2.17. The molecular weight excluding hydrogens is 166 g/mol. The standard InChI is InChI=1S/C10H13NO2/c1-7(2)9-4-5-11-10(6-9)13-8(3)12/h4-7H,1-3H3. The molecule has 13 heavy (non-hydrogen) atoms. The molecular formula is C10H13NO2. The third kappa shape index (κ3) is 2.86. The number of carbonyl (C=O) groups is 1. The molecule has 0 aliphatic carbocycles. The fourth-order valence-electron chi connectivity index (χ4n) is 0.987. The SMILES string of the molecule is CC(=O)Oc1cc(C(C)C)ccn1. The number of rotatable bonds is 2. The highest BCUT2D eigenvalue weighted by molar-refractivity contribution is 5.68. The van der Waals surface area contributed by atoms with Gasteiger partial charge in [-0.1, -0.05) is 13.8 Å². The van der Waals surface area contributed by atoms with Crippen molar-refractivity contribution >= 4 is 5.97 Å². The van der Waals surface area contributed by atoms with Crippen LogP contribution in [-0.4, -0.2) is 11.0 Å². The summed E-state index contributed by atoms with van der Waals surface area (Å²) in [5.41, 5.74) is 1.12. The lowest BCUT2D eigenvalue weighted by Gasteiger charge is -2.06. The van der Waals surface area contributed by atoms with Crippen molar-refractivity contribution < 1.29 is 9.53 Å². The molecule has 0 bridgehead atoms. The van der Waals surface area contributed by atoms with Gasteiger partial charge in [-0.25, -0.2) is 4.98 Å². The van der Waals surface area contributed by atoms with Gasteiger partial charge in [0, 0.05) is 19.2 Å². The van der Waals surface area contributed by atoms with E-state index < -0.39 is 0 Å². The van der Waals surface area contributed by atoms with Crippen LogP contribution >= 0.6 is 0 Å². The van der Waals surface area contributed by atoms with E-state index in [9.17, 15) is 4.79 Å². The number of hydrogen-bond donors (Lipinski definition) is 0. The summed E-state index contributed by atoms with van der Waals surface area (Å²) in [5, 5.41) is 0. The second kappa shape index (κ2) is 4.03. The van der Waals surface area contributed by atoms with Crippen molar-refractivity contribution in [3.05, 3.63) is 23.9 Å². The first kappa shape index (κ1) is 9.71. The lowest BCUT2D eigenvalue weighted by molar-refractivity contribution is -0.132. The molecule has 0 unspecified atom stereocenters. The summed E-state index contributed by atoms with van der Waals surface area (Å²) in [6.07, 6.45) is 1.65. The molecule has 0 aliphatic rings. The topological polar surface area (TPSA) is 39.2 Å². The van der Waals surface area contributed by atoms with Crippen molar-refractivity contribution in [1.29, 1.82) is 0 Å². The van der Waals surface area contributed by atoms with E-state index in [1.807, 2.05) is 6.07 Å². The van der Waals surface area contributed by atoms with Crippen LogP contribution < -0.4 is 4.74 Å². The molecule has 0 spiro atoms. The summed E-state index contributed by atoms with van der Waals surface area (Å²) in [4.78, 5) is 14.6. The number of hydrogen-bond acceptors (Lipinski definition) is 3.